The first-order valence-corrected chi connectivity index (χ1v) is 8.87. The van der Waals surface area contributed by atoms with Crippen molar-refractivity contribution in [2.24, 2.45) is 4.99 Å². The first kappa shape index (κ1) is 20.2. The quantitative estimate of drug-likeness (QED) is 0.356. The van der Waals surface area contributed by atoms with Crippen LogP contribution in [0.4, 0.5) is 0 Å². The van der Waals surface area contributed by atoms with E-state index in [1.807, 2.05) is 7.05 Å². The van der Waals surface area contributed by atoms with E-state index < -0.39 is 0 Å². The van der Waals surface area contributed by atoms with Gasteiger partial charge in [0.2, 0.25) is 0 Å². The summed E-state index contributed by atoms with van der Waals surface area (Å²) in [6.07, 6.45) is 6.97. The molecule has 0 aromatic heterocycles. The molecule has 1 aliphatic rings. The Hall–Kier alpha value is -0.850. The molecular formula is C17H35N3O3. The topological polar surface area (TPSA) is 55.3 Å². The molecule has 0 unspecified atom stereocenters. The molecule has 23 heavy (non-hydrogen) atoms. The molecule has 0 aliphatic carbocycles. The van der Waals surface area contributed by atoms with Gasteiger partial charge in [0.05, 0.1) is 6.10 Å². The standard InChI is InChI=1S/C17H35N3O3/c1-18-17(19-10-5-4-6-13-21-2)20-11-8-16(9-12-20)23-15-7-14-22-3/h16H,4-15H2,1-3H3,(H,18,19). The van der Waals surface area contributed by atoms with Crippen molar-refractivity contribution < 1.29 is 14.2 Å². The van der Waals surface area contributed by atoms with Crippen LogP contribution in [0, 0.1) is 0 Å². The molecule has 0 amide bonds. The van der Waals surface area contributed by atoms with Crippen LogP contribution in [0.3, 0.4) is 0 Å². The Balaban J connectivity index is 2.13. The van der Waals surface area contributed by atoms with Crippen molar-refractivity contribution in [1.82, 2.24) is 10.2 Å². The zero-order chi connectivity index (χ0) is 16.8. The van der Waals surface area contributed by atoms with E-state index in [0.717, 1.165) is 77.5 Å². The first-order chi connectivity index (χ1) is 11.3. The van der Waals surface area contributed by atoms with E-state index in [2.05, 4.69) is 15.2 Å². The van der Waals surface area contributed by atoms with Gasteiger partial charge in [0.25, 0.3) is 0 Å². The minimum atomic E-state index is 0.384. The Labute approximate surface area is 141 Å². The van der Waals surface area contributed by atoms with Crippen molar-refractivity contribution in [3.8, 4) is 0 Å². The number of ether oxygens (including phenoxy) is 3. The maximum Gasteiger partial charge on any atom is 0.193 e. The second-order valence-corrected chi connectivity index (χ2v) is 5.93. The van der Waals surface area contributed by atoms with Crippen LogP contribution in [0.2, 0.25) is 0 Å². The lowest BCUT2D eigenvalue weighted by Gasteiger charge is -2.34. The molecule has 6 nitrogen and oxygen atoms in total. The second kappa shape index (κ2) is 13.6. The number of hydrogen-bond donors (Lipinski definition) is 1. The molecule has 0 aromatic rings. The smallest absolute Gasteiger partial charge is 0.193 e. The van der Waals surface area contributed by atoms with Crippen LogP contribution in [0.25, 0.3) is 0 Å². The molecule has 0 radical (unpaired) electrons. The Morgan fingerprint density at radius 3 is 2.35 bits per heavy atom. The number of piperidine rings is 1. The summed E-state index contributed by atoms with van der Waals surface area (Å²) in [6, 6.07) is 0. The van der Waals surface area contributed by atoms with Crippen molar-refractivity contribution in [2.75, 3.05) is 60.7 Å². The Morgan fingerprint density at radius 2 is 1.70 bits per heavy atom. The number of nitrogens with zero attached hydrogens (tertiary/aromatic N) is 2. The van der Waals surface area contributed by atoms with Gasteiger partial charge in [-0.25, -0.2) is 0 Å². The summed E-state index contributed by atoms with van der Waals surface area (Å²) in [5, 5.41) is 3.47. The lowest BCUT2D eigenvalue weighted by molar-refractivity contribution is 0.00991. The SMILES string of the molecule is CN=C(NCCCCCOC)N1CCC(OCCCOC)CC1. The summed E-state index contributed by atoms with van der Waals surface area (Å²) >= 11 is 0. The number of rotatable bonds is 11. The predicted molar refractivity (Wildman–Crippen MR) is 94.1 cm³/mol. The highest BCUT2D eigenvalue weighted by molar-refractivity contribution is 5.79. The predicted octanol–water partition coefficient (Wildman–Crippen LogP) is 1.90. The fraction of sp³-hybridized carbons (Fsp3) is 0.941. The summed E-state index contributed by atoms with van der Waals surface area (Å²) in [5.74, 6) is 1.02. The largest absolute Gasteiger partial charge is 0.385 e. The minimum Gasteiger partial charge on any atom is -0.385 e. The molecule has 1 heterocycles. The van der Waals surface area contributed by atoms with Crippen LogP contribution in [0.1, 0.15) is 38.5 Å². The van der Waals surface area contributed by atoms with Gasteiger partial charge in [-0.1, -0.05) is 0 Å². The number of hydrogen-bond acceptors (Lipinski definition) is 4. The van der Waals surface area contributed by atoms with E-state index in [9.17, 15) is 0 Å². The van der Waals surface area contributed by atoms with Crippen molar-refractivity contribution in [2.45, 2.75) is 44.6 Å². The van der Waals surface area contributed by atoms with Crippen LogP contribution in [-0.2, 0) is 14.2 Å². The van der Waals surface area contributed by atoms with Gasteiger partial charge in [0, 0.05) is 60.7 Å². The summed E-state index contributed by atoms with van der Waals surface area (Å²) in [4.78, 5) is 6.74. The molecule has 1 rings (SSSR count). The number of unbranched alkanes of at least 4 members (excludes halogenated alkanes) is 2. The molecule has 1 aliphatic heterocycles. The van der Waals surface area contributed by atoms with Crippen LogP contribution >= 0.6 is 0 Å². The Morgan fingerprint density at radius 1 is 1.00 bits per heavy atom. The molecule has 136 valence electrons. The maximum atomic E-state index is 5.90. The highest BCUT2D eigenvalue weighted by Crippen LogP contribution is 2.14. The van der Waals surface area contributed by atoms with Crippen molar-refractivity contribution in [3.63, 3.8) is 0 Å². The van der Waals surface area contributed by atoms with Crippen molar-refractivity contribution >= 4 is 5.96 Å². The fourth-order valence-electron chi connectivity index (χ4n) is 2.77. The van der Waals surface area contributed by atoms with Gasteiger partial charge >= 0.3 is 0 Å². The van der Waals surface area contributed by atoms with Gasteiger partial charge in [0.1, 0.15) is 0 Å². The van der Waals surface area contributed by atoms with Gasteiger partial charge in [-0.3, -0.25) is 4.99 Å². The van der Waals surface area contributed by atoms with E-state index in [1.54, 1.807) is 14.2 Å². The number of guanidine groups is 1. The number of methoxy groups -OCH3 is 2. The van der Waals surface area contributed by atoms with E-state index in [4.69, 9.17) is 14.2 Å². The lowest BCUT2D eigenvalue weighted by atomic mass is 10.1. The zero-order valence-electron chi connectivity index (χ0n) is 15.2. The van der Waals surface area contributed by atoms with Gasteiger partial charge in [0.15, 0.2) is 5.96 Å². The molecule has 0 aromatic carbocycles. The number of likely N-dealkylation sites (tertiary alicyclic amines) is 1. The van der Waals surface area contributed by atoms with E-state index in [0.29, 0.717) is 6.10 Å². The van der Waals surface area contributed by atoms with Crippen LogP contribution in [0.5, 0.6) is 0 Å². The highest BCUT2D eigenvalue weighted by Gasteiger charge is 2.21. The van der Waals surface area contributed by atoms with Crippen LogP contribution in [0.15, 0.2) is 4.99 Å². The molecule has 0 saturated carbocycles. The Kier molecular flexibility index (Phi) is 11.9. The molecule has 1 fully saturated rings. The minimum absolute atomic E-state index is 0.384. The van der Waals surface area contributed by atoms with Gasteiger partial charge in [-0.2, -0.15) is 0 Å². The van der Waals surface area contributed by atoms with Gasteiger partial charge in [-0.15, -0.1) is 0 Å². The van der Waals surface area contributed by atoms with E-state index in [1.165, 1.54) is 6.42 Å². The average molecular weight is 329 g/mol. The maximum absolute atomic E-state index is 5.90. The normalized spacial score (nSPS) is 16.8. The monoisotopic (exact) mass is 329 g/mol. The highest BCUT2D eigenvalue weighted by atomic mass is 16.5. The number of nitrogens with one attached hydrogen (secondary N) is 1. The summed E-state index contributed by atoms with van der Waals surface area (Å²) < 4.78 is 16.0. The van der Waals surface area contributed by atoms with Gasteiger partial charge in [-0.05, 0) is 38.5 Å². The van der Waals surface area contributed by atoms with E-state index in [-0.39, 0.29) is 0 Å². The average Bonchev–Trinajstić information content (AvgIpc) is 2.59. The molecule has 1 saturated heterocycles. The second-order valence-electron chi connectivity index (χ2n) is 5.93. The lowest BCUT2D eigenvalue weighted by Crippen LogP contribution is -2.47. The summed E-state index contributed by atoms with van der Waals surface area (Å²) in [6.45, 7) is 5.43. The van der Waals surface area contributed by atoms with Crippen molar-refractivity contribution in [3.05, 3.63) is 0 Å². The van der Waals surface area contributed by atoms with Crippen molar-refractivity contribution in [1.29, 1.82) is 0 Å². The third-order valence-corrected chi connectivity index (χ3v) is 4.11. The van der Waals surface area contributed by atoms with Gasteiger partial charge < -0.3 is 24.4 Å². The first-order valence-electron chi connectivity index (χ1n) is 8.87. The molecular weight excluding hydrogens is 294 g/mol. The summed E-state index contributed by atoms with van der Waals surface area (Å²) in [7, 11) is 5.35. The van der Waals surface area contributed by atoms with Crippen LogP contribution < -0.4 is 5.32 Å². The summed E-state index contributed by atoms with van der Waals surface area (Å²) in [5.41, 5.74) is 0. The zero-order valence-corrected chi connectivity index (χ0v) is 15.2. The third kappa shape index (κ3) is 9.13. The molecule has 6 heteroatoms. The number of aliphatic imine (C=N–C) groups is 1. The fourth-order valence-corrected chi connectivity index (χ4v) is 2.77. The Bertz CT molecular complexity index is 305. The molecule has 0 bridgehead atoms. The molecule has 1 N–H and O–H groups in total. The van der Waals surface area contributed by atoms with E-state index >= 15 is 0 Å². The molecule has 0 spiro atoms. The molecule has 0 atom stereocenters. The third-order valence-electron chi connectivity index (χ3n) is 4.11. The van der Waals surface area contributed by atoms with Crippen LogP contribution in [-0.4, -0.2) is 77.7 Å².